The Labute approximate surface area is 127 Å². The van der Waals surface area contributed by atoms with Crippen LogP contribution in [0.15, 0.2) is 18.2 Å². The molecule has 4 heteroatoms. The Kier molecular flexibility index (Phi) is 6.33. The third-order valence-corrected chi connectivity index (χ3v) is 4.04. The Bertz CT molecular complexity index is 436. The number of rotatable bonds is 7. The van der Waals surface area contributed by atoms with E-state index in [1.165, 1.54) is 6.42 Å². The fourth-order valence-electron chi connectivity index (χ4n) is 2.80. The minimum Gasteiger partial charge on any atom is -0.497 e. The van der Waals surface area contributed by atoms with Gasteiger partial charge in [-0.1, -0.05) is 6.92 Å². The molecule has 1 fully saturated rings. The van der Waals surface area contributed by atoms with Gasteiger partial charge < -0.3 is 19.5 Å². The molecule has 0 heterocycles. The Balaban J connectivity index is 2.06. The van der Waals surface area contributed by atoms with Crippen LogP contribution >= 0.6 is 0 Å². The Hall–Kier alpha value is -1.26. The maximum atomic E-state index is 6.24. The van der Waals surface area contributed by atoms with Crippen LogP contribution in [0.4, 0.5) is 0 Å². The third-order valence-electron chi connectivity index (χ3n) is 4.04. The van der Waals surface area contributed by atoms with E-state index in [0.717, 1.165) is 49.4 Å². The van der Waals surface area contributed by atoms with Crippen LogP contribution in [-0.4, -0.2) is 33.0 Å². The molecular weight excluding hydrogens is 266 g/mol. The van der Waals surface area contributed by atoms with Gasteiger partial charge in [-0.3, -0.25) is 0 Å². The van der Waals surface area contributed by atoms with Crippen LogP contribution in [0, 0.1) is 0 Å². The molecule has 2 unspecified atom stereocenters. The lowest BCUT2D eigenvalue weighted by molar-refractivity contribution is 0.0206. The van der Waals surface area contributed by atoms with Crippen molar-refractivity contribution in [2.24, 2.45) is 0 Å². The highest BCUT2D eigenvalue weighted by Crippen LogP contribution is 2.29. The van der Waals surface area contributed by atoms with Gasteiger partial charge in [0.05, 0.1) is 13.2 Å². The summed E-state index contributed by atoms with van der Waals surface area (Å²) in [6.45, 7) is 3.83. The maximum absolute atomic E-state index is 6.24. The Morgan fingerprint density at radius 1 is 1.19 bits per heavy atom. The van der Waals surface area contributed by atoms with Crippen LogP contribution in [0.1, 0.15) is 38.2 Å². The van der Waals surface area contributed by atoms with Crippen LogP contribution < -0.4 is 14.8 Å². The minimum absolute atomic E-state index is 0.248. The van der Waals surface area contributed by atoms with Crippen molar-refractivity contribution in [3.05, 3.63) is 23.8 Å². The van der Waals surface area contributed by atoms with E-state index in [2.05, 4.69) is 18.3 Å². The molecule has 0 aromatic heterocycles. The summed E-state index contributed by atoms with van der Waals surface area (Å²) in [6, 6.07) is 6.03. The first-order valence-corrected chi connectivity index (χ1v) is 7.83. The molecule has 1 aliphatic rings. The lowest BCUT2D eigenvalue weighted by atomic mass is 9.95. The summed E-state index contributed by atoms with van der Waals surface area (Å²) in [5.74, 6) is 1.83. The van der Waals surface area contributed by atoms with E-state index in [1.807, 2.05) is 12.1 Å². The van der Waals surface area contributed by atoms with E-state index in [0.29, 0.717) is 6.10 Å². The van der Waals surface area contributed by atoms with Crippen LogP contribution in [0.2, 0.25) is 0 Å². The van der Waals surface area contributed by atoms with Gasteiger partial charge in [-0.2, -0.15) is 0 Å². The zero-order valence-electron chi connectivity index (χ0n) is 13.4. The molecular formula is C17H27NO3. The van der Waals surface area contributed by atoms with Gasteiger partial charge in [0, 0.05) is 25.6 Å². The second kappa shape index (κ2) is 8.25. The predicted octanol–water partition coefficient (Wildman–Crippen LogP) is 3.14. The van der Waals surface area contributed by atoms with Gasteiger partial charge in [0.25, 0.3) is 0 Å². The van der Waals surface area contributed by atoms with Crippen LogP contribution in [0.5, 0.6) is 11.5 Å². The molecule has 0 bridgehead atoms. The van der Waals surface area contributed by atoms with E-state index in [1.54, 1.807) is 14.2 Å². The van der Waals surface area contributed by atoms with E-state index in [9.17, 15) is 0 Å². The molecule has 21 heavy (non-hydrogen) atoms. The summed E-state index contributed by atoms with van der Waals surface area (Å²) >= 11 is 0. The lowest BCUT2D eigenvalue weighted by Crippen LogP contribution is -2.30. The average molecular weight is 293 g/mol. The lowest BCUT2D eigenvalue weighted by Gasteiger charge is -2.29. The molecule has 2 rings (SSSR count). The summed E-state index contributed by atoms with van der Waals surface area (Å²) in [5, 5.41) is 3.35. The van der Waals surface area contributed by atoms with Crippen molar-refractivity contribution in [2.45, 2.75) is 51.4 Å². The van der Waals surface area contributed by atoms with Gasteiger partial charge in [-0.05, 0) is 44.0 Å². The van der Waals surface area contributed by atoms with E-state index in [4.69, 9.17) is 14.2 Å². The molecule has 0 radical (unpaired) electrons. The zero-order valence-corrected chi connectivity index (χ0v) is 13.4. The van der Waals surface area contributed by atoms with Crippen LogP contribution in [0.25, 0.3) is 0 Å². The third kappa shape index (κ3) is 4.61. The van der Waals surface area contributed by atoms with Crippen molar-refractivity contribution in [2.75, 3.05) is 20.8 Å². The first kappa shape index (κ1) is 16.1. The molecule has 0 amide bonds. The minimum atomic E-state index is 0.248. The van der Waals surface area contributed by atoms with Crippen LogP contribution in [0.3, 0.4) is 0 Å². The SMILES string of the molecule is CCNCc1cc(OC)ccc1OC1CCCC(OC)C1. The van der Waals surface area contributed by atoms with Crippen molar-refractivity contribution < 1.29 is 14.2 Å². The summed E-state index contributed by atoms with van der Waals surface area (Å²) < 4.78 is 17.0. The molecule has 1 N–H and O–H groups in total. The summed E-state index contributed by atoms with van der Waals surface area (Å²) in [5.41, 5.74) is 1.15. The van der Waals surface area contributed by atoms with Crippen molar-refractivity contribution >= 4 is 0 Å². The fourth-order valence-corrected chi connectivity index (χ4v) is 2.80. The second-order valence-corrected chi connectivity index (χ2v) is 5.52. The standard InChI is InChI=1S/C17H27NO3/c1-4-18-12-13-10-15(20-3)8-9-17(13)21-16-7-5-6-14(11-16)19-2/h8-10,14,16,18H,4-7,11-12H2,1-3H3. The maximum Gasteiger partial charge on any atom is 0.124 e. The topological polar surface area (TPSA) is 39.7 Å². The number of hydrogen-bond acceptors (Lipinski definition) is 4. The molecule has 1 aliphatic carbocycles. The molecule has 0 spiro atoms. The average Bonchev–Trinajstić information content (AvgIpc) is 2.54. The van der Waals surface area contributed by atoms with Crippen molar-refractivity contribution in [1.29, 1.82) is 0 Å². The van der Waals surface area contributed by atoms with Crippen molar-refractivity contribution in [3.8, 4) is 11.5 Å². The predicted molar refractivity (Wildman–Crippen MR) is 84.1 cm³/mol. The normalized spacial score (nSPS) is 22.0. The number of hydrogen-bond donors (Lipinski definition) is 1. The van der Waals surface area contributed by atoms with Gasteiger partial charge in [0.2, 0.25) is 0 Å². The Morgan fingerprint density at radius 2 is 2.00 bits per heavy atom. The largest absolute Gasteiger partial charge is 0.497 e. The summed E-state index contributed by atoms with van der Waals surface area (Å²) in [6.07, 6.45) is 4.97. The second-order valence-electron chi connectivity index (χ2n) is 5.52. The number of nitrogens with one attached hydrogen (secondary N) is 1. The Morgan fingerprint density at radius 3 is 2.71 bits per heavy atom. The molecule has 0 aliphatic heterocycles. The van der Waals surface area contributed by atoms with Gasteiger partial charge in [-0.25, -0.2) is 0 Å². The van der Waals surface area contributed by atoms with E-state index < -0.39 is 0 Å². The molecule has 1 aromatic rings. The molecule has 2 atom stereocenters. The molecule has 1 saturated carbocycles. The van der Waals surface area contributed by atoms with Gasteiger partial charge in [0.1, 0.15) is 17.6 Å². The first-order chi connectivity index (χ1) is 10.3. The number of ether oxygens (including phenoxy) is 3. The highest BCUT2D eigenvalue weighted by Gasteiger charge is 2.23. The summed E-state index contributed by atoms with van der Waals surface area (Å²) in [4.78, 5) is 0. The van der Waals surface area contributed by atoms with Crippen LogP contribution in [-0.2, 0) is 11.3 Å². The number of benzene rings is 1. The molecule has 1 aromatic carbocycles. The highest BCUT2D eigenvalue weighted by molar-refractivity contribution is 5.40. The van der Waals surface area contributed by atoms with Crippen molar-refractivity contribution in [1.82, 2.24) is 5.32 Å². The van der Waals surface area contributed by atoms with E-state index >= 15 is 0 Å². The summed E-state index contributed by atoms with van der Waals surface area (Å²) in [7, 11) is 3.48. The molecule has 0 saturated heterocycles. The fraction of sp³-hybridized carbons (Fsp3) is 0.647. The van der Waals surface area contributed by atoms with E-state index in [-0.39, 0.29) is 6.10 Å². The smallest absolute Gasteiger partial charge is 0.124 e. The molecule has 4 nitrogen and oxygen atoms in total. The van der Waals surface area contributed by atoms with Crippen molar-refractivity contribution in [3.63, 3.8) is 0 Å². The van der Waals surface area contributed by atoms with Gasteiger partial charge in [-0.15, -0.1) is 0 Å². The first-order valence-electron chi connectivity index (χ1n) is 7.83. The van der Waals surface area contributed by atoms with Gasteiger partial charge >= 0.3 is 0 Å². The quantitative estimate of drug-likeness (QED) is 0.838. The monoisotopic (exact) mass is 293 g/mol. The highest BCUT2D eigenvalue weighted by atomic mass is 16.5. The van der Waals surface area contributed by atoms with Gasteiger partial charge in [0.15, 0.2) is 0 Å². The number of methoxy groups -OCH3 is 2. The molecule has 118 valence electrons. The zero-order chi connectivity index (χ0) is 15.1.